The molecule has 0 radical (unpaired) electrons. The summed E-state index contributed by atoms with van der Waals surface area (Å²) in [6.07, 6.45) is -2.95. The highest BCUT2D eigenvalue weighted by Crippen LogP contribution is 2.06. The fourth-order valence-electron chi connectivity index (χ4n) is 1.07. The molecule has 76 valence electrons. The molecule has 2 nitrogen and oxygen atoms in total. The summed E-state index contributed by atoms with van der Waals surface area (Å²) in [5, 5.41) is 2.15. The van der Waals surface area contributed by atoms with Crippen molar-refractivity contribution in [2.24, 2.45) is 0 Å². The molecule has 1 rings (SSSR count). The van der Waals surface area contributed by atoms with Crippen molar-refractivity contribution in [2.75, 3.05) is 0 Å². The number of carbonyl (C=O) groups is 1. The second-order valence-corrected chi connectivity index (χ2v) is 2.94. The lowest BCUT2D eigenvalue weighted by Gasteiger charge is -2.06. The third-order valence-corrected chi connectivity index (χ3v) is 1.91. The fourth-order valence-corrected chi connectivity index (χ4v) is 1.07. The molecule has 0 saturated heterocycles. The van der Waals surface area contributed by atoms with Crippen molar-refractivity contribution < 1.29 is 13.6 Å². The molecule has 0 aromatic heterocycles. The van der Waals surface area contributed by atoms with Gasteiger partial charge >= 0.3 is 6.43 Å². The van der Waals surface area contributed by atoms with Gasteiger partial charge in [0.25, 0.3) is 5.91 Å². The van der Waals surface area contributed by atoms with E-state index in [-0.39, 0.29) is 6.54 Å². The predicted molar refractivity (Wildman–Crippen MR) is 49.0 cm³/mol. The van der Waals surface area contributed by atoms with Crippen molar-refractivity contribution in [3.05, 3.63) is 35.4 Å². The SMILES string of the molecule is Cc1ccccc1CNC(=O)C(F)F. The highest BCUT2D eigenvalue weighted by molar-refractivity contribution is 5.79. The Morgan fingerprint density at radius 3 is 2.64 bits per heavy atom. The first-order valence-electron chi connectivity index (χ1n) is 4.21. The third-order valence-electron chi connectivity index (χ3n) is 1.91. The molecular weight excluding hydrogens is 188 g/mol. The van der Waals surface area contributed by atoms with Crippen LogP contribution < -0.4 is 5.32 Å². The molecule has 0 fully saturated rings. The van der Waals surface area contributed by atoms with Gasteiger partial charge in [-0.25, -0.2) is 0 Å². The van der Waals surface area contributed by atoms with Gasteiger partial charge in [0.2, 0.25) is 0 Å². The Balaban J connectivity index is 2.54. The number of hydrogen-bond donors (Lipinski definition) is 1. The highest BCUT2D eigenvalue weighted by Gasteiger charge is 2.13. The van der Waals surface area contributed by atoms with Crippen molar-refractivity contribution in [3.63, 3.8) is 0 Å². The van der Waals surface area contributed by atoms with Gasteiger partial charge in [0.05, 0.1) is 0 Å². The van der Waals surface area contributed by atoms with E-state index >= 15 is 0 Å². The van der Waals surface area contributed by atoms with Gasteiger partial charge in [0.1, 0.15) is 0 Å². The molecule has 1 amide bonds. The zero-order valence-electron chi connectivity index (χ0n) is 7.76. The first-order valence-corrected chi connectivity index (χ1v) is 4.21. The lowest BCUT2D eigenvalue weighted by molar-refractivity contribution is -0.131. The number of halogens is 2. The monoisotopic (exact) mass is 199 g/mol. The van der Waals surface area contributed by atoms with E-state index in [9.17, 15) is 13.6 Å². The van der Waals surface area contributed by atoms with Gasteiger partial charge in [-0.05, 0) is 18.1 Å². The maximum atomic E-state index is 11.8. The maximum Gasteiger partial charge on any atom is 0.315 e. The fraction of sp³-hybridized carbons (Fsp3) is 0.300. The summed E-state index contributed by atoms with van der Waals surface area (Å²) in [6, 6.07) is 7.32. The second-order valence-electron chi connectivity index (χ2n) is 2.94. The van der Waals surface area contributed by atoms with E-state index in [0.29, 0.717) is 0 Å². The normalized spacial score (nSPS) is 10.3. The molecule has 14 heavy (non-hydrogen) atoms. The first kappa shape index (κ1) is 10.6. The average Bonchev–Trinajstić information content (AvgIpc) is 2.16. The molecule has 0 unspecified atom stereocenters. The third kappa shape index (κ3) is 2.80. The van der Waals surface area contributed by atoms with Crippen molar-refractivity contribution in [1.82, 2.24) is 5.32 Å². The summed E-state index contributed by atoms with van der Waals surface area (Å²) < 4.78 is 23.6. The number of amides is 1. The molecule has 0 aliphatic carbocycles. The Morgan fingerprint density at radius 1 is 1.43 bits per heavy atom. The molecule has 0 aliphatic rings. The van der Waals surface area contributed by atoms with Crippen molar-refractivity contribution >= 4 is 5.91 Å². The molecule has 1 N–H and O–H groups in total. The Morgan fingerprint density at radius 2 is 2.07 bits per heavy atom. The van der Waals surface area contributed by atoms with Crippen LogP contribution in [-0.2, 0) is 11.3 Å². The summed E-state index contributed by atoms with van der Waals surface area (Å²) in [5.74, 6) is -1.23. The van der Waals surface area contributed by atoms with Crippen LogP contribution in [0.3, 0.4) is 0 Å². The van der Waals surface area contributed by atoms with Crippen LogP contribution in [0.15, 0.2) is 24.3 Å². The van der Waals surface area contributed by atoms with Gasteiger partial charge in [-0.1, -0.05) is 24.3 Å². The predicted octanol–water partition coefficient (Wildman–Crippen LogP) is 1.88. The first-order chi connectivity index (χ1) is 6.61. The number of hydrogen-bond acceptors (Lipinski definition) is 1. The number of rotatable bonds is 3. The summed E-state index contributed by atoms with van der Waals surface area (Å²) in [6.45, 7) is 2.01. The zero-order valence-corrected chi connectivity index (χ0v) is 7.76. The van der Waals surface area contributed by atoms with Crippen LogP contribution in [0.5, 0.6) is 0 Å². The Hall–Kier alpha value is -1.45. The number of aryl methyl sites for hydroxylation is 1. The van der Waals surface area contributed by atoms with Crippen molar-refractivity contribution in [3.8, 4) is 0 Å². The van der Waals surface area contributed by atoms with E-state index in [4.69, 9.17) is 0 Å². The van der Waals surface area contributed by atoms with E-state index in [1.54, 1.807) is 12.1 Å². The number of benzene rings is 1. The summed E-state index contributed by atoms with van der Waals surface area (Å²) >= 11 is 0. The second kappa shape index (κ2) is 4.69. The van der Waals surface area contributed by atoms with Crippen LogP contribution >= 0.6 is 0 Å². The van der Waals surface area contributed by atoms with E-state index in [0.717, 1.165) is 11.1 Å². The zero-order chi connectivity index (χ0) is 10.6. The Kier molecular flexibility index (Phi) is 3.56. The van der Waals surface area contributed by atoms with E-state index in [2.05, 4.69) is 5.32 Å². The van der Waals surface area contributed by atoms with Gasteiger partial charge in [-0.15, -0.1) is 0 Å². The molecule has 1 aromatic rings. The minimum Gasteiger partial charge on any atom is -0.347 e. The molecule has 0 saturated carbocycles. The number of carbonyl (C=O) groups excluding carboxylic acids is 1. The molecule has 0 spiro atoms. The van der Waals surface area contributed by atoms with Crippen molar-refractivity contribution in [1.29, 1.82) is 0 Å². The van der Waals surface area contributed by atoms with E-state index in [1.807, 2.05) is 19.1 Å². The molecular formula is C10H11F2NO. The van der Waals surface area contributed by atoms with Crippen LogP contribution in [0, 0.1) is 6.92 Å². The van der Waals surface area contributed by atoms with Gasteiger partial charge in [-0.2, -0.15) is 8.78 Å². The van der Waals surface area contributed by atoms with E-state index in [1.165, 1.54) is 0 Å². The average molecular weight is 199 g/mol. The molecule has 0 bridgehead atoms. The number of nitrogens with one attached hydrogen (secondary N) is 1. The lowest BCUT2D eigenvalue weighted by Crippen LogP contribution is -2.29. The van der Waals surface area contributed by atoms with Crippen LogP contribution in [0.2, 0.25) is 0 Å². The molecule has 0 aliphatic heterocycles. The molecule has 1 aromatic carbocycles. The van der Waals surface area contributed by atoms with E-state index < -0.39 is 12.3 Å². The maximum absolute atomic E-state index is 11.8. The Labute approximate surface area is 80.9 Å². The molecule has 4 heteroatoms. The largest absolute Gasteiger partial charge is 0.347 e. The van der Waals surface area contributed by atoms with Crippen LogP contribution in [-0.4, -0.2) is 12.3 Å². The van der Waals surface area contributed by atoms with Crippen LogP contribution in [0.25, 0.3) is 0 Å². The van der Waals surface area contributed by atoms with Gasteiger partial charge in [0, 0.05) is 6.54 Å². The van der Waals surface area contributed by atoms with Crippen LogP contribution in [0.1, 0.15) is 11.1 Å². The van der Waals surface area contributed by atoms with Gasteiger partial charge in [0.15, 0.2) is 0 Å². The quantitative estimate of drug-likeness (QED) is 0.791. The Bertz CT molecular complexity index is 326. The molecule has 0 atom stereocenters. The van der Waals surface area contributed by atoms with Gasteiger partial charge in [-0.3, -0.25) is 4.79 Å². The van der Waals surface area contributed by atoms with Gasteiger partial charge < -0.3 is 5.32 Å². The highest BCUT2D eigenvalue weighted by atomic mass is 19.3. The smallest absolute Gasteiger partial charge is 0.315 e. The number of alkyl halides is 2. The topological polar surface area (TPSA) is 29.1 Å². The van der Waals surface area contributed by atoms with Crippen molar-refractivity contribution in [2.45, 2.75) is 19.9 Å². The van der Waals surface area contributed by atoms with Crippen LogP contribution in [0.4, 0.5) is 8.78 Å². The standard InChI is InChI=1S/C10H11F2NO/c1-7-4-2-3-5-8(7)6-13-10(14)9(11)12/h2-5,9H,6H2,1H3,(H,13,14). The summed E-state index contributed by atoms with van der Waals surface area (Å²) in [5.41, 5.74) is 1.82. The lowest BCUT2D eigenvalue weighted by atomic mass is 10.1. The minimum atomic E-state index is -2.95. The summed E-state index contributed by atoms with van der Waals surface area (Å²) in [4.78, 5) is 10.6. The minimum absolute atomic E-state index is 0.149. The molecule has 0 heterocycles. The summed E-state index contributed by atoms with van der Waals surface area (Å²) in [7, 11) is 0.